The Hall–Kier alpha value is -0.670. The average molecular weight is 347 g/mol. The van der Waals surface area contributed by atoms with Gasteiger partial charge in [0.15, 0.2) is 5.79 Å². The van der Waals surface area contributed by atoms with Crippen molar-refractivity contribution in [3.05, 3.63) is 11.6 Å². The maximum absolute atomic E-state index is 12.0. The van der Waals surface area contributed by atoms with E-state index in [1.165, 1.54) is 5.57 Å². The van der Waals surface area contributed by atoms with Crippen molar-refractivity contribution in [2.45, 2.75) is 78.4 Å². The Morgan fingerprint density at radius 1 is 1.12 bits per heavy atom. The fourth-order valence-electron chi connectivity index (χ4n) is 7.73. The number of carbonyl (C=O) groups excluding carboxylic acids is 1. The van der Waals surface area contributed by atoms with Crippen molar-refractivity contribution in [2.75, 3.05) is 0 Å². The summed E-state index contributed by atoms with van der Waals surface area (Å²) in [7, 11) is 0. The predicted molar refractivity (Wildman–Crippen MR) is 97.6 cm³/mol. The monoisotopic (exact) mass is 346 g/mol. The van der Waals surface area contributed by atoms with Crippen LogP contribution >= 0.6 is 0 Å². The van der Waals surface area contributed by atoms with Gasteiger partial charge in [0.05, 0.1) is 0 Å². The lowest BCUT2D eigenvalue weighted by Gasteiger charge is -2.59. The van der Waals surface area contributed by atoms with Crippen LogP contribution in [0, 0.1) is 40.4 Å². The highest BCUT2D eigenvalue weighted by atomic mass is 16.5. The molecule has 0 amide bonds. The lowest BCUT2D eigenvalue weighted by molar-refractivity contribution is -0.219. The number of aliphatic hydroxyl groups is 2. The molecule has 0 unspecified atom stereocenters. The van der Waals surface area contributed by atoms with Gasteiger partial charge in [-0.15, -0.1) is 0 Å². The molecule has 7 atom stereocenters. The number of carbonyl (C=O) groups is 1. The summed E-state index contributed by atoms with van der Waals surface area (Å²) in [6.07, 6.45) is 9.13. The molecule has 3 saturated carbocycles. The van der Waals surface area contributed by atoms with Crippen LogP contribution < -0.4 is 0 Å². The molecule has 3 nitrogen and oxygen atoms in total. The topological polar surface area (TPSA) is 57.5 Å². The number of fused-ring (bicyclic) bond motifs is 5. The molecule has 0 aliphatic heterocycles. The summed E-state index contributed by atoms with van der Waals surface area (Å²) in [4.78, 5) is 12.0. The zero-order valence-corrected chi connectivity index (χ0v) is 16.2. The molecule has 2 N–H and O–H groups in total. The highest BCUT2D eigenvalue weighted by Crippen LogP contribution is 2.68. The van der Waals surface area contributed by atoms with Gasteiger partial charge >= 0.3 is 0 Å². The van der Waals surface area contributed by atoms with Crippen LogP contribution in [-0.2, 0) is 4.79 Å². The van der Waals surface area contributed by atoms with Crippen molar-refractivity contribution in [3.63, 3.8) is 0 Å². The minimum atomic E-state index is -1.57. The SMILES string of the molecule is C[C@H]1C=C2CC(=O)CC[C@]2(C)[C@H]2CC[C@]3(C)[C@@H](C(C)(O)O)CC[C@H]3[C@H]12. The fourth-order valence-corrected chi connectivity index (χ4v) is 7.73. The van der Waals surface area contributed by atoms with Crippen LogP contribution in [0.1, 0.15) is 72.6 Å². The van der Waals surface area contributed by atoms with E-state index in [1.807, 2.05) is 0 Å². The first-order chi connectivity index (χ1) is 11.6. The first-order valence-corrected chi connectivity index (χ1v) is 10.2. The molecular formula is C22H34O3. The first kappa shape index (κ1) is 17.7. The van der Waals surface area contributed by atoms with E-state index in [9.17, 15) is 15.0 Å². The Morgan fingerprint density at radius 3 is 2.52 bits per heavy atom. The van der Waals surface area contributed by atoms with Gasteiger partial charge < -0.3 is 10.2 Å². The van der Waals surface area contributed by atoms with Crippen LogP contribution in [0.2, 0.25) is 0 Å². The molecular weight excluding hydrogens is 312 g/mol. The van der Waals surface area contributed by atoms with Gasteiger partial charge in [0, 0.05) is 18.8 Å². The number of ketones is 1. The standard InChI is InChI=1S/C22H34O3/c1-13-11-14-12-15(23)7-9-20(14,2)17-8-10-21(3)16(19(13)17)5-6-18(21)22(4,24)25/h11,13,16-19,24-25H,5-10,12H2,1-4H3/t13-,16-,17-,18-,19-,20-,21-/m0/s1. The third-order valence-corrected chi connectivity index (χ3v) is 8.93. The Labute approximate surface area is 151 Å². The lowest BCUT2D eigenvalue weighted by Crippen LogP contribution is -2.54. The van der Waals surface area contributed by atoms with Crippen LogP contribution in [0.15, 0.2) is 11.6 Å². The number of hydrogen-bond acceptors (Lipinski definition) is 3. The number of rotatable bonds is 1. The van der Waals surface area contributed by atoms with Gasteiger partial charge in [0.1, 0.15) is 5.78 Å². The minimum absolute atomic E-state index is 0.0238. The van der Waals surface area contributed by atoms with E-state index in [0.29, 0.717) is 35.9 Å². The number of hydrogen-bond donors (Lipinski definition) is 2. The normalized spacial score (nSPS) is 49.9. The van der Waals surface area contributed by atoms with Gasteiger partial charge in [-0.2, -0.15) is 0 Å². The molecule has 0 aromatic carbocycles. The van der Waals surface area contributed by atoms with Gasteiger partial charge in [-0.05, 0) is 73.5 Å². The second kappa shape index (κ2) is 5.42. The summed E-state index contributed by atoms with van der Waals surface area (Å²) in [5.41, 5.74) is 1.62. The third-order valence-electron chi connectivity index (χ3n) is 8.93. The van der Waals surface area contributed by atoms with Crippen LogP contribution in [0.4, 0.5) is 0 Å². The Balaban J connectivity index is 1.72. The summed E-state index contributed by atoms with van der Waals surface area (Å²) < 4.78 is 0. The number of Topliss-reactive ketones (excluding diaryl/α,β-unsaturated/α-hetero) is 1. The summed E-state index contributed by atoms with van der Waals surface area (Å²) in [6.45, 7) is 8.63. The molecule has 3 fully saturated rings. The van der Waals surface area contributed by atoms with Crippen molar-refractivity contribution in [2.24, 2.45) is 40.4 Å². The van der Waals surface area contributed by atoms with Crippen LogP contribution in [0.3, 0.4) is 0 Å². The van der Waals surface area contributed by atoms with Gasteiger partial charge in [0.25, 0.3) is 0 Å². The molecule has 0 heterocycles. The highest BCUT2D eigenvalue weighted by Gasteiger charge is 2.62. The van der Waals surface area contributed by atoms with Crippen molar-refractivity contribution in [1.82, 2.24) is 0 Å². The zero-order valence-electron chi connectivity index (χ0n) is 16.2. The molecule has 0 saturated heterocycles. The second-order valence-electron chi connectivity index (χ2n) is 10.2. The van der Waals surface area contributed by atoms with Crippen LogP contribution in [0.5, 0.6) is 0 Å². The Kier molecular flexibility index (Phi) is 3.84. The quantitative estimate of drug-likeness (QED) is 0.555. The van der Waals surface area contributed by atoms with E-state index < -0.39 is 5.79 Å². The second-order valence-corrected chi connectivity index (χ2v) is 10.2. The molecule has 0 aromatic heterocycles. The fraction of sp³-hybridized carbons (Fsp3) is 0.864. The maximum atomic E-state index is 12.0. The highest BCUT2D eigenvalue weighted by molar-refractivity contribution is 5.82. The zero-order chi connectivity index (χ0) is 18.2. The van der Waals surface area contributed by atoms with Gasteiger partial charge in [0.2, 0.25) is 0 Å². The van der Waals surface area contributed by atoms with E-state index >= 15 is 0 Å². The number of allylic oxidation sites excluding steroid dienone is 2. The Morgan fingerprint density at radius 2 is 1.84 bits per heavy atom. The largest absolute Gasteiger partial charge is 0.366 e. The molecule has 0 bridgehead atoms. The maximum Gasteiger partial charge on any atom is 0.163 e. The van der Waals surface area contributed by atoms with Gasteiger partial charge in [-0.3, -0.25) is 4.79 Å². The van der Waals surface area contributed by atoms with E-state index in [1.54, 1.807) is 6.92 Å². The molecule has 140 valence electrons. The van der Waals surface area contributed by atoms with Crippen molar-refractivity contribution in [1.29, 1.82) is 0 Å². The van der Waals surface area contributed by atoms with Crippen LogP contribution in [0.25, 0.3) is 0 Å². The van der Waals surface area contributed by atoms with E-state index in [2.05, 4.69) is 26.8 Å². The minimum Gasteiger partial charge on any atom is -0.366 e. The average Bonchev–Trinajstić information content (AvgIpc) is 2.86. The van der Waals surface area contributed by atoms with Crippen molar-refractivity contribution in [3.8, 4) is 0 Å². The smallest absolute Gasteiger partial charge is 0.163 e. The van der Waals surface area contributed by atoms with Crippen molar-refractivity contribution >= 4 is 5.78 Å². The van der Waals surface area contributed by atoms with Crippen LogP contribution in [-0.4, -0.2) is 21.8 Å². The Bertz CT molecular complexity index is 615. The van der Waals surface area contributed by atoms with E-state index in [-0.39, 0.29) is 16.7 Å². The van der Waals surface area contributed by atoms with Gasteiger partial charge in [-0.1, -0.05) is 32.4 Å². The third kappa shape index (κ3) is 2.41. The van der Waals surface area contributed by atoms with E-state index in [4.69, 9.17) is 0 Å². The predicted octanol–water partition coefficient (Wildman–Crippen LogP) is 4.08. The first-order valence-electron chi connectivity index (χ1n) is 10.2. The molecule has 0 radical (unpaired) electrons. The molecule has 4 aliphatic carbocycles. The molecule has 4 aliphatic rings. The summed E-state index contributed by atoms with van der Waals surface area (Å²) in [5, 5.41) is 20.7. The molecule has 25 heavy (non-hydrogen) atoms. The summed E-state index contributed by atoms with van der Waals surface area (Å²) >= 11 is 0. The molecule has 3 heteroatoms. The molecule has 0 aromatic rings. The van der Waals surface area contributed by atoms with E-state index in [0.717, 1.165) is 38.5 Å². The lowest BCUT2D eigenvalue weighted by atomic mass is 9.45. The molecule has 0 spiro atoms. The summed E-state index contributed by atoms with van der Waals surface area (Å²) in [6, 6.07) is 0. The summed E-state index contributed by atoms with van der Waals surface area (Å²) in [5.74, 6) is 1.14. The van der Waals surface area contributed by atoms with Gasteiger partial charge in [-0.25, -0.2) is 0 Å². The van der Waals surface area contributed by atoms with Crippen molar-refractivity contribution < 1.29 is 15.0 Å². The molecule has 4 rings (SSSR count).